The summed E-state index contributed by atoms with van der Waals surface area (Å²) in [7, 11) is 0. The molecule has 1 atom stereocenters. The molecule has 0 aromatic heterocycles. The van der Waals surface area contributed by atoms with Crippen LogP contribution >= 0.6 is 11.8 Å². The molecular weight excluding hydrogens is 316 g/mol. The third kappa shape index (κ3) is 5.00. The van der Waals surface area contributed by atoms with Gasteiger partial charge in [0.1, 0.15) is 0 Å². The van der Waals surface area contributed by atoms with Crippen molar-refractivity contribution in [3.8, 4) is 0 Å². The number of aliphatic hydroxyl groups is 1. The van der Waals surface area contributed by atoms with Crippen LogP contribution in [0.15, 0.2) is 59.5 Å². The topological polar surface area (TPSA) is 26.7 Å². The van der Waals surface area contributed by atoms with Crippen molar-refractivity contribution in [2.75, 3.05) is 43.4 Å². The predicted molar refractivity (Wildman–Crippen MR) is 103 cm³/mol. The van der Waals surface area contributed by atoms with Gasteiger partial charge in [-0.2, -0.15) is 0 Å². The van der Waals surface area contributed by atoms with Gasteiger partial charge in [0.25, 0.3) is 0 Å². The largest absolute Gasteiger partial charge is 0.391 e. The summed E-state index contributed by atoms with van der Waals surface area (Å²) in [5.41, 5.74) is 2.61. The Morgan fingerprint density at radius 2 is 1.62 bits per heavy atom. The lowest BCUT2D eigenvalue weighted by molar-refractivity contribution is 0.126. The predicted octanol–water partition coefficient (Wildman–Crippen LogP) is 3.27. The van der Waals surface area contributed by atoms with Gasteiger partial charge < -0.3 is 10.0 Å². The van der Waals surface area contributed by atoms with Crippen molar-refractivity contribution in [1.82, 2.24) is 4.90 Å². The minimum Gasteiger partial charge on any atom is -0.391 e. The van der Waals surface area contributed by atoms with Crippen molar-refractivity contribution in [2.45, 2.75) is 17.9 Å². The number of aliphatic hydroxyl groups excluding tert-OH is 1. The minimum absolute atomic E-state index is 0.277. The molecule has 1 unspecified atom stereocenters. The van der Waals surface area contributed by atoms with E-state index in [4.69, 9.17) is 0 Å². The molecule has 24 heavy (non-hydrogen) atoms. The first-order valence-corrected chi connectivity index (χ1v) is 9.59. The van der Waals surface area contributed by atoms with Gasteiger partial charge in [-0.3, -0.25) is 4.90 Å². The lowest BCUT2D eigenvalue weighted by Crippen LogP contribution is -2.48. The fourth-order valence-electron chi connectivity index (χ4n) is 3.00. The van der Waals surface area contributed by atoms with Crippen LogP contribution < -0.4 is 4.90 Å². The van der Waals surface area contributed by atoms with Crippen LogP contribution in [-0.2, 0) is 0 Å². The summed E-state index contributed by atoms with van der Waals surface area (Å²) in [6.07, 6.45) is -0.277. The van der Waals surface area contributed by atoms with E-state index in [2.05, 4.69) is 53.1 Å². The van der Waals surface area contributed by atoms with Gasteiger partial charge in [0.05, 0.1) is 6.10 Å². The van der Waals surface area contributed by atoms with Crippen molar-refractivity contribution >= 4 is 17.4 Å². The second-order valence-corrected chi connectivity index (χ2v) is 7.49. The summed E-state index contributed by atoms with van der Waals surface area (Å²) in [6, 6.07) is 19.0. The van der Waals surface area contributed by atoms with Crippen LogP contribution in [0.1, 0.15) is 5.56 Å². The Morgan fingerprint density at radius 3 is 2.29 bits per heavy atom. The molecule has 1 fully saturated rings. The smallest absolute Gasteiger partial charge is 0.0760 e. The maximum absolute atomic E-state index is 10.3. The van der Waals surface area contributed by atoms with Crippen molar-refractivity contribution in [2.24, 2.45) is 0 Å². The Morgan fingerprint density at radius 1 is 0.958 bits per heavy atom. The van der Waals surface area contributed by atoms with Gasteiger partial charge in [0.2, 0.25) is 0 Å². The molecule has 1 N–H and O–H groups in total. The number of thioether (sulfide) groups is 1. The number of anilines is 1. The fourth-order valence-corrected chi connectivity index (χ4v) is 3.84. The average molecular weight is 343 g/mol. The third-order valence-corrected chi connectivity index (χ3v) is 5.58. The highest BCUT2D eigenvalue weighted by atomic mass is 32.2. The van der Waals surface area contributed by atoms with Crippen LogP contribution in [0.5, 0.6) is 0 Å². The van der Waals surface area contributed by atoms with E-state index in [1.807, 2.05) is 18.2 Å². The van der Waals surface area contributed by atoms with Crippen LogP contribution in [0, 0.1) is 6.92 Å². The van der Waals surface area contributed by atoms with Gasteiger partial charge in [0, 0.05) is 49.1 Å². The first kappa shape index (κ1) is 17.3. The molecule has 2 aromatic carbocycles. The van der Waals surface area contributed by atoms with E-state index in [-0.39, 0.29) is 6.10 Å². The molecule has 3 nitrogen and oxygen atoms in total. The second-order valence-electron chi connectivity index (χ2n) is 6.40. The van der Waals surface area contributed by atoms with Gasteiger partial charge in [-0.05, 0) is 31.2 Å². The van der Waals surface area contributed by atoms with Crippen molar-refractivity contribution in [3.05, 3.63) is 60.2 Å². The summed E-state index contributed by atoms with van der Waals surface area (Å²) < 4.78 is 0. The van der Waals surface area contributed by atoms with Gasteiger partial charge in [-0.15, -0.1) is 11.8 Å². The van der Waals surface area contributed by atoms with E-state index in [0.29, 0.717) is 0 Å². The highest BCUT2D eigenvalue weighted by molar-refractivity contribution is 7.99. The summed E-state index contributed by atoms with van der Waals surface area (Å²) in [6.45, 7) is 6.98. The molecule has 3 rings (SSSR count). The number of aryl methyl sites for hydroxylation is 1. The number of hydrogen-bond donors (Lipinski definition) is 1. The summed E-state index contributed by atoms with van der Waals surface area (Å²) >= 11 is 1.73. The summed E-state index contributed by atoms with van der Waals surface area (Å²) in [4.78, 5) is 6.03. The van der Waals surface area contributed by atoms with Crippen molar-refractivity contribution < 1.29 is 5.11 Å². The average Bonchev–Trinajstić information content (AvgIpc) is 2.62. The maximum atomic E-state index is 10.3. The molecule has 0 spiro atoms. The molecule has 1 aliphatic rings. The number of nitrogens with zero attached hydrogens (tertiary/aromatic N) is 2. The Hall–Kier alpha value is -1.49. The first-order valence-electron chi connectivity index (χ1n) is 8.60. The Kier molecular flexibility index (Phi) is 6.18. The first-order chi connectivity index (χ1) is 11.7. The molecular formula is C20H26N2OS. The zero-order valence-electron chi connectivity index (χ0n) is 14.3. The number of piperazine rings is 1. The van der Waals surface area contributed by atoms with Crippen molar-refractivity contribution in [1.29, 1.82) is 0 Å². The molecule has 1 saturated heterocycles. The second kappa shape index (κ2) is 8.56. The van der Waals surface area contributed by atoms with Crippen LogP contribution in [-0.4, -0.2) is 54.6 Å². The Labute approximate surface area is 149 Å². The molecule has 0 bridgehead atoms. The number of benzene rings is 2. The molecule has 1 aliphatic heterocycles. The van der Waals surface area contributed by atoms with Crippen molar-refractivity contribution in [3.63, 3.8) is 0 Å². The maximum Gasteiger partial charge on any atom is 0.0760 e. The van der Waals surface area contributed by atoms with E-state index >= 15 is 0 Å². The van der Waals surface area contributed by atoms with Crippen LogP contribution in [0.3, 0.4) is 0 Å². The zero-order valence-corrected chi connectivity index (χ0v) is 15.1. The molecule has 0 radical (unpaired) electrons. The van der Waals surface area contributed by atoms with Crippen LogP contribution in [0.4, 0.5) is 5.69 Å². The summed E-state index contributed by atoms with van der Waals surface area (Å²) in [5.74, 6) is 0.752. The quantitative estimate of drug-likeness (QED) is 0.815. The zero-order chi connectivity index (χ0) is 16.8. The monoisotopic (exact) mass is 342 g/mol. The number of β-amino-alcohol motifs (C(OH)–C–C–N with tert-alkyl or cyclic N) is 1. The molecule has 1 heterocycles. The van der Waals surface area contributed by atoms with E-state index in [9.17, 15) is 5.11 Å². The fraction of sp³-hybridized carbons (Fsp3) is 0.400. The van der Waals surface area contributed by atoms with E-state index in [0.717, 1.165) is 38.5 Å². The Bertz CT molecular complexity index is 609. The lowest BCUT2D eigenvalue weighted by atomic mass is 10.2. The van der Waals surface area contributed by atoms with E-state index in [1.165, 1.54) is 16.1 Å². The highest BCUT2D eigenvalue weighted by Crippen LogP contribution is 2.20. The molecule has 0 amide bonds. The molecule has 0 saturated carbocycles. The highest BCUT2D eigenvalue weighted by Gasteiger charge is 2.19. The van der Waals surface area contributed by atoms with E-state index in [1.54, 1.807) is 11.8 Å². The molecule has 128 valence electrons. The SMILES string of the molecule is Cc1ccc(N2CCN(CC(O)CSc3ccccc3)CC2)cc1. The minimum atomic E-state index is -0.277. The van der Waals surface area contributed by atoms with E-state index < -0.39 is 0 Å². The number of hydrogen-bond acceptors (Lipinski definition) is 4. The van der Waals surface area contributed by atoms with Gasteiger partial charge in [0.15, 0.2) is 0 Å². The third-order valence-electron chi connectivity index (χ3n) is 4.43. The molecule has 2 aromatic rings. The molecule has 4 heteroatoms. The van der Waals surface area contributed by atoms with Gasteiger partial charge in [-0.25, -0.2) is 0 Å². The summed E-state index contributed by atoms with van der Waals surface area (Å²) in [5, 5.41) is 10.3. The van der Waals surface area contributed by atoms with Crippen LogP contribution in [0.25, 0.3) is 0 Å². The Balaban J connectivity index is 1.41. The lowest BCUT2D eigenvalue weighted by Gasteiger charge is -2.37. The molecule has 0 aliphatic carbocycles. The van der Waals surface area contributed by atoms with Gasteiger partial charge >= 0.3 is 0 Å². The number of rotatable bonds is 6. The normalized spacial score (nSPS) is 17.0. The van der Waals surface area contributed by atoms with Gasteiger partial charge in [-0.1, -0.05) is 35.9 Å². The van der Waals surface area contributed by atoms with Crippen LogP contribution in [0.2, 0.25) is 0 Å². The standard InChI is InChI=1S/C20H26N2OS/c1-17-7-9-18(10-8-17)22-13-11-21(12-14-22)15-19(23)16-24-20-5-3-2-4-6-20/h2-10,19,23H,11-16H2,1H3.